The number of amides is 4. The maximum atomic E-state index is 11.6. The van der Waals surface area contributed by atoms with Crippen LogP contribution in [0, 0.1) is 0 Å². The first-order chi connectivity index (χ1) is 23.3. The number of rotatable bonds is 10. The minimum absolute atomic E-state index is 0.323. The van der Waals surface area contributed by atoms with Crippen molar-refractivity contribution >= 4 is 81.2 Å². The molecule has 2 aliphatic rings. The molecule has 0 atom stereocenters. The summed E-state index contributed by atoms with van der Waals surface area (Å²) in [6.07, 6.45) is 4.74. The summed E-state index contributed by atoms with van der Waals surface area (Å²) in [4.78, 5) is 46.3. The smallest absolute Gasteiger partial charge is 0.290 e. The van der Waals surface area contributed by atoms with Crippen LogP contribution in [0.3, 0.4) is 0 Å². The third-order valence-corrected chi connectivity index (χ3v) is 9.26. The van der Waals surface area contributed by atoms with Gasteiger partial charge >= 0.3 is 0 Å². The van der Waals surface area contributed by atoms with E-state index in [0.717, 1.165) is 36.4 Å². The first-order valence-electron chi connectivity index (χ1n) is 14.7. The molecule has 0 radical (unpaired) electrons. The van der Waals surface area contributed by atoms with E-state index < -0.39 is 11.8 Å². The molecule has 0 aliphatic carbocycles. The fourth-order valence-corrected chi connectivity index (χ4v) is 6.29. The summed E-state index contributed by atoms with van der Waals surface area (Å²) in [6, 6.07) is 30.8. The van der Waals surface area contributed by atoms with Crippen LogP contribution in [0.5, 0.6) is 11.5 Å². The topological polar surface area (TPSA) is 111 Å². The Labute approximate surface area is 295 Å². The predicted molar refractivity (Wildman–Crippen MR) is 192 cm³/mol. The zero-order valence-electron chi connectivity index (χ0n) is 25.2. The number of ether oxygens (including phenoxy) is 2. The third kappa shape index (κ3) is 9.77. The predicted octanol–water partition coefficient (Wildman–Crippen LogP) is 8.57. The number of hydrogen-bond acceptors (Lipinski definition) is 8. The standard InChI is InChI=1S/2C18H14ClNO3S/c2*19-16-13(11-15-17(21)20-18(22)24-15)7-4-8-14(16)23-10-9-12-5-2-1-3-6-12/h2*1-8,11H,9-10H2,(H,20,21,22). The number of carbonyl (C=O) groups is 4. The molecule has 4 aromatic carbocycles. The number of hydrogen-bond donors (Lipinski definition) is 2. The summed E-state index contributed by atoms with van der Waals surface area (Å²) < 4.78 is 11.5. The van der Waals surface area contributed by atoms with E-state index in [9.17, 15) is 19.2 Å². The molecule has 48 heavy (non-hydrogen) atoms. The van der Waals surface area contributed by atoms with Crippen LogP contribution in [-0.2, 0) is 22.4 Å². The van der Waals surface area contributed by atoms with Gasteiger partial charge in [0, 0.05) is 12.8 Å². The fraction of sp³-hybridized carbons (Fsp3) is 0.111. The Morgan fingerprint density at radius 2 is 0.938 bits per heavy atom. The second kappa shape index (κ2) is 17.1. The summed E-state index contributed by atoms with van der Waals surface area (Å²) in [7, 11) is 0. The molecule has 2 N–H and O–H groups in total. The van der Waals surface area contributed by atoms with E-state index in [1.54, 1.807) is 48.6 Å². The second-order valence-electron chi connectivity index (χ2n) is 10.2. The number of nitrogens with one attached hydrogen (secondary N) is 2. The molecule has 0 unspecified atom stereocenters. The number of carbonyl (C=O) groups excluding carboxylic acids is 4. The van der Waals surface area contributed by atoms with Crippen molar-refractivity contribution < 1.29 is 28.7 Å². The van der Waals surface area contributed by atoms with Gasteiger partial charge in [0.25, 0.3) is 22.3 Å². The highest BCUT2D eigenvalue weighted by atomic mass is 35.5. The molecule has 2 heterocycles. The zero-order valence-corrected chi connectivity index (χ0v) is 28.4. The van der Waals surface area contributed by atoms with Crippen molar-refractivity contribution in [1.29, 1.82) is 0 Å². The molecule has 4 amide bonds. The average Bonchev–Trinajstić information content (AvgIpc) is 3.58. The first kappa shape index (κ1) is 34.8. The third-order valence-electron chi connectivity index (χ3n) is 6.83. The molecule has 2 saturated heterocycles. The lowest BCUT2D eigenvalue weighted by molar-refractivity contribution is -0.116. The lowest BCUT2D eigenvalue weighted by Gasteiger charge is -2.10. The van der Waals surface area contributed by atoms with Gasteiger partial charge in [-0.25, -0.2) is 0 Å². The van der Waals surface area contributed by atoms with E-state index in [0.29, 0.717) is 55.7 Å². The van der Waals surface area contributed by atoms with Crippen LogP contribution in [0.25, 0.3) is 12.2 Å². The van der Waals surface area contributed by atoms with Crippen molar-refractivity contribution in [3.63, 3.8) is 0 Å². The summed E-state index contributed by atoms with van der Waals surface area (Å²) in [5.74, 6) is 0.293. The van der Waals surface area contributed by atoms with Gasteiger partial charge < -0.3 is 9.47 Å². The Morgan fingerprint density at radius 1 is 0.542 bits per heavy atom. The van der Waals surface area contributed by atoms with E-state index in [4.69, 9.17) is 32.7 Å². The average molecular weight is 720 g/mol. The lowest BCUT2D eigenvalue weighted by atomic mass is 10.1. The molecule has 2 fully saturated rings. The van der Waals surface area contributed by atoms with Gasteiger partial charge in [0.2, 0.25) is 0 Å². The summed E-state index contributed by atoms with van der Waals surface area (Å²) in [5, 5.41) is 4.52. The van der Waals surface area contributed by atoms with E-state index in [2.05, 4.69) is 10.6 Å². The van der Waals surface area contributed by atoms with Crippen molar-refractivity contribution in [2.45, 2.75) is 12.8 Å². The molecule has 2 aliphatic heterocycles. The monoisotopic (exact) mass is 718 g/mol. The van der Waals surface area contributed by atoms with Crippen LogP contribution >= 0.6 is 46.7 Å². The molecule has 0 spiro atoms. The molecule has 0 aromatic heterocycles. The van der Waals surface area contributed by atoms with Crippen LogP contribution in [0.15, 0.2) is 107 Å². The molecule has 8 nitrogen and oxygen atoms in total. The first-order valence-corrected chi connectivity index (χ1v) is 17.1. The fourth-order valence-electron chi connectivity index (χ4n) is 4.47. The Bertz CT molecular complexity index is 1750. The van der Waals surface area contributed by atoms with Crippen molar-refractivity contribution in [3.8, 4) is 11.5 Å². The Hall–Kier alpha value is -4.48. The molecule has 4 aromatic rings. The van der Waals surface area contributed by atoms with Gasteiger partial charge in [-0.1, -0.05) is 108 Å². The Kier molecular flexibility index (Phi) is 12.4. The summed E-state index contributed by atoms with van der Waals surface area (Å²) >= 11 is 14.4. The minimum atomic E-state index is -0.406. The van der Waals surface area contributed by atoms with Gasteiger partial charge in [-0.2, -0.15) is 0 Å². The van der Waals surface area contributed by atoms with Crippen LogP contribution in [0.1, 0.15) is 22.3 Å². The summed E-state index contributed by atoms with van der Waals surface area (Å²) in [6.45, 7) is 0.995. The van der Waals surface area contributed by atoms with Crippen molar-refractivity contribution in [2.24, 2.45) is 0 Å². The van der Waals surface area contributed by atoms with Crippen molar-refractivity contribution in [1.82, 2.24) is 10.6 Å². The van der Waals surface area contributed by atoms with Gasteiger partial charge in [-0.05, 0) is 70.1 Å². The van der Waals surface area contributed by atoms with Crippen LogP contribution < -0.4 is 20.1 Å². The van der Waals surface area contributed by atoms with Crippen molar-refractivity contribution in [3.05, 3.63) is 139 Å². The molecular formula is C36H28Cl2N2O6S2. The maximum absolute atomic E-state index is 11.6. The van der Waals surface area contributed by atoms with Gasteiger partial charge in [0.1, 0.15) is 11.5 Å². The second-order valence-corrected chi connectivity index (χ2v) is 13.0. The van der Waals surface area contributed by atoms with Crippen molar-refractivity contribution in [2.75, 3.05) is 13.2 Å². The number of benzene rings is 4. The van der Waals surface area contributed by atoms with E-state index in [1.807, 2.05) is 60.7 Å². The molecule has 6 rings (SSSR count). The highest BCUT2D eigenvalue weighted by Gasteiger charge is 2.26. The van der Waals surface area contributed by atoms with Gasteiger partial charge in [-0.15, -0.1) is 0 Å². The Balaban J connectivity index is 0.000000188. The highest BCUT2D eigenvalue weighted by Crippen LogP contribution is 2.34. The minimum Gasteiger partial charge on any atom is -0.492 e. The number of thioether (sulfide) groups is 2. The number of imide groups is 2. The highest BCUT2D eigenvalue weighted by molar-refractivity contribution is 8.18. The van der Waals surface area contributed by atoms with E-state index >= 15 is 0 Å². The zero-order chi connectivity index (χ0) is 33.9. The lowest BCUT2D eigenvalue weighted by Crippen LogP contribution is -2.17. The SMILES string of the molecule is O=C1NC(=O)C(=Cc2cccc(OCCc3ccccc3)c2Cl)S1.O=C1NC(=O)C(=Cc2cccc(OCCc3ccccc3)c2Cl)S1. The molecule has 244 valence electrons. The van der Waals surface area contributed by atoms with Crippen LogP contribution in [0.4, 0.5) is 9.59 Å². The van der Waals surface area contributed by atoms with E-state index in [-0.39, 0.29) is 10.5 Å². The largest absolute Gasteiger partial charge is 0.492 e. The van der Waals surface area contributed by atoms with Crippen LogP contribution in [-0.4, -0.2) is 35.5 Å². The van der Waals surface area contributed by atoms with Gasteiger partial charge in [-0.3, -0.25) is 29.8 Å². The van der Waals surface area contributed by atoms with Gasteiger partial charge in [0.05, 0.1) is 33.1 Å². The van der Waals surface area contributed by atoms with E-state index in [1.165, 1.54) is 11.1 Å². The normalized spacial score (nSPS) is 15.6. The quantitative estimate of drug-likeness (QED) is 0.157. The molecular weight excluding hydrogens is 691 g/mol. The molecule has 0 bridgehead atoms. The van der Waals surface area contributed by atoms with Gasteiger partial charge in [0.15, 0.2) is 0 Å². The Morgan fingerprint density at radius 3 is 1.29 bits per heavy atom. The molecule has 12 heteroatoms. The van der Waals surface area contributed by atoms with Crippen LogP contribution in [0.2, 0.25) is 10.0 Å². The summed E-state index contributed by atoms with van der Waals surface area (Å²) in [5.41, 5.74) is 3.65. The molecule has 0 saturated carbocycles. The number of halogens is 2. The maximum Gasteiger partial charge on any atom is 0.290 e.